The van der Waals surface area contributed by atoms with Crippen molar-refractivity contribution in [2.24, 2.45) is 5.41 Å². The van der Waals surface area contributed by atoms with Crippen LogP contribution in [0.15, 0.2) is 23.1 Å². The molecule has 1 rings (SSSR count). The van der Waals surface area contributed by atoms with Crippen LogP contribution >= 0.6 is 0 Å². The lowest BCUT2D eigenvalue weighted by molar-refractivity contribution is 0.478. The Morgan fingerprint density at radius 1 is 1.32 bits per heavy atom. The van der Waals surface area contributed by atoms with E-state index in [0.717, 1.165) is 0 Å². The van der Waals surface area contributed by atoms with Crippen molar-refractivity contribution in [3.63, 3.8) is 0 Å². The van der Waals surface area contributed by atoms with Crippen molar-refractivity contribution >= 4 is 10.0 Å². The molecule has 0 fully saturated rings. The van der Waals surface area contributed by atoms with Gasteiger partial charge in [-0.25, -0.2) is 13.1 Å². The molecule has 0 unspecified atom stereocenters. The molecular formula is C13H15N3O2S. The van der Waals surface area contributed by atoms with Crippen LogP contribution in [-0.4, -0.2) is 15.0 Å². The van der Waals surface area contributed by atoms with Crippen molar-refractivity contribution < 1.29 is 8.42 Å². The molecule has 6 heteroatoms. The third-order valence-corrected chi connectivity index (χ3v) is 4.16. The van der Waals surface area contributed by atoms with Gasteiger partial charge in [-0.3, -0.25) is 0 Å². The summed E-state index contributed by atoms with van der Waals surface area (Å²) < 4.78 is 26.7. The summed E-state index contributed by atoms with van der Waals surface area (Å²) in [6.45, 7) is 4.97. The van der Waals surface area contributed by atoms with Gasteiger partial charge in [-0.15, -0.1) is 0 Å². The molecule has 0 heterocycles. The van der Waals surface area contributed by atoms with Crippen LogP contribution in [0.25, 0.3) is 0 Å². The molecule has 0 aliphatic rings. The first-order valence-corrected chi connectivity index (χ1v) is 7.12. The molecule has 0 saturated heterocycles. The van der Waals surface area contributed by atoms with Gasteiger partial charge in [0.15, 0.2) is 0 Å². The van der Waals surface area contributed by atoms with Gasteiger partial charge in [0.2, 0.25) is 10.0 Å². The monoisotopic (exact) mass is 277 g/mol. The van der Waals surface area contributed by atoms with Crippen LogP contribution in [0, 0.1) is 35.0 Å². The van der Waals surface area contributed by atoms with Gasteiger partial charge in [-0.1, -0.05) is 6.07 Å². The summed E-state index contributed by atoms with van der Waals surface area (Å²) in [4.78, 5) is 0.0697. The van der Waals surface area contributed by atoms with Gasteiger partial charge in [0.05, 0.1) is 28.0 Å². The van der Waals surface area contributed by atoms with E-state index in [9.17, 15) is 8.42 Å². The van der Waals surface area contributed by atoms with Gasteiger partial charge in [-0.2, -0.15) is 10.5 Å². The number of aryl methyl sites for hydroxylation is 1. The first kappa shape index (κ1) is 15.2. The highest BCUT2D eigenvalue weighted by Gasteiger charge is 2.23. The zero-order valence-electron chi connectivity index (χ0n) is 11.1. The molecule has 1 N–H and O–H groups in total. The summed E-state index contributed by atoms with van der Waals surface area (Å²) >= 11 is 0. The summed E-state index contributed by atoms with van der Waals surface area (Å²) in [5.74, 6) is 0. The number of nitrogens with zero attached hydrogens (tertiary/aromatic N) is 2. The summed E-state index contributed by atoms with van der Waals surface area (Å²) in [7, 11) is -3.72. The Bertz CT molecular complexity index is 664. The van der Waals surface area contributed by atoms with E-state index < -0.39 is 15.4 Å². The minimum absolute atomic E-state index is 0.0159. The molecule has 5 nitrogen and oxygen atoms in total. The normalized spacial score (nSPS) is 11.6. The predicted molar refractivity (Wildman–Crippen MR) is 70.5 cm³/mol. The maximum Gasteiger partial charge on any atom is 0.240 e. The molecule has 0 bridgehead atoms. The van der Waals surface area contributed by atoms with E-state index in [1.165, 1.54) is 6.07 Å². The number of hydrogen-bond donors (Lipinski definition) is 1. The van der Waals surface area contributed by atoms with Gasteiger partial charge >= 0.3 is 0 Å². The van der Waals surface area contributed by atoms with Gasteiger partial charge in [-0.05, 0) is 38.5 Å². The Morgan fingerprint density at radius 2 is 1.95 bits per heavy atom. The van der Waals surface area contributed by atoms with Crippen molar-refractivity contribution in [2.45, 2.75) is 25.7 Å². The lowest BCUT2D eigenvalue weighted by Gasteiger charge is -2.16. The van der Waals surface area contributed by atoms with Crippen LogP contribution in [0.2, 0.25) is 0 Å². The fourth-order valence-corrected chi connectivity index (χ4v) is 2.83. The first-order valence-electron chi connectivity index (χ1n) is 5.63. The van der Waals surface area contributed by atoms with Crippen LogP contribution < -0.4 is 4.72 Å². The molecular weight excluding hydrogens is 262 g/mol. The predicted octanol–water partition coefficient (Wildman–Crippen LogP) is 1.69. The summed E-state index contributed by atoms with van der Waals surface area (Å²) in [6.07, 6.45) is 0. The topological polar surface area (TPSA) is 93.8 Å². The number of nitriles is 2. The van der Waals surface area contributed by atoms with Crippen molar-refractivity contribution in [3.8, 4) is 12.1 Å². The molecule has 0 aliphatic heterocycles. The molecule has 0 atom stereocenters. The maximum atomic E-state index is 12.2. The molecule has 0 aliphatic carbocycles. The summed E-state index contributed by atoms with van der Waals surface area (Å²) in [5.41, 5.74) is 0.0557. The van der Waals surface area contributed by atoms with Crippen molar-refractivity contribution in [2.75, 3.05) is 6.54 Å². The Hall–Kier alpha value is -1.89. The van der Waals surface area contributed by atoms with Crippen LogP contribution in [0.5, 0.6) is 0 Å². The van der Waals surface area contributed by atoms with Crippen molar-refractivity contribution in [1.82, 2.24) is 4.72 Å². The maximum absolute atomic E-state index is 12.2. The largest absolute Gasteiger partial charge is 0.240 e. The van der Waals surface area contributed by atoms with Crippen LogP contribution in [0.1, 0.15) is 25.0 Å². The SMILES string of the molecule is Cc1ccc(C#N)cc1S(=O)(=O)NCC(C)(C)C#N. The van der Waals surface area contributed by atoms with E-state index in [-0.39, 0.29) is 17.0 Å². The van der Waals surface area contributed by atoms with Gasteiger partial charge < -0.3 is 0 Å². The zero-order chi connectivity index (χ0) is 14.7. The molecule has 19 heavy (non-hydrogen) atoms. The minimum Gasteiger partial charge on any atom is -0.210 e. The van der Waals surface area contributed by atoms with Gasteiger partial charge in [0, 0.05) is 6.54 Å². The molecule has 0 saturated carbocycles. The summed E-state index contributed by atoms with van der Waals surface area (Å²) in [6, 6.07) is 8.41. The van der Waals surface area contributed by atoms with E-state index in [1.807, 2.05) is 12.1 Å². The third-order valence-electron chi connectivity index (χ3n) is 2.61. The molecule has 0 amide bonds. The number of hydrogen-bond acceptors (Lipinski definition) is 4. The molecule has 1 aromatic carbocycles. The van der Waals surface area contributed by atoms with Crippen LogP contribution in [0.3, 0.4) is 0 Å². The molecule has 0 aromatic heterocycles. The average Bonchev–Trinajstić information content (AvgIpc) is 2.37. The lowest BCUT2D eigenvalue weighted by atomic mass is 9.97. The fourth-order valence-electron chi connectivity index (χ4n) is 1.35. The van der Waals surface area contributed by atoms with E-state index in [2.05, 4.69) is 4.72 Å². The number of benzene rings is 1. The van der Waals surface area contributed by atoms with Crippen LogP contribution in [0.4, 0.5) is 0 Å². The molecule has 100 valence electrons. The standard InChI is InChI=1S/C13H15N3O2S/c1-10-4-5-11(7-14)6-12(10)19(17,18)16-9-13(2,3)8-15/h4-6,16H,9H2,1-3H3. The second-order valence-corrected chi connectivity index (χ2v) is 6.65. The fraction of sp³-hybridized carbons (Fsp3) is 0.385. The Labute approximate surface area is 113 Å². The smallest absolute Gasteiger partial charge is 0.210 e. The number of sulfonamides is 1. The number of nitrogens with one attached hydrogen (secondary N) is 1. The lowest BCUT2D eigenvalue weighted by Crippen LogP contribution is -2.33. The zero-order valence-corrected chi connectivity index (χ0v) is 11.9. The first-order chi connectivity index (χ1) is 8.72. The summed E-state index contributed by atoms with van der Waals surface area (Å²) in [5, 5.41) is 17.7. The minimum atomic E-state index is -3.72. The van der Waals surface area contributed by atoms with E-state index in [4.69, 9.17) is 10.5 Å². The van der Waals surface area contributed by atoms with E-state index in [1.54, 1.807) is 32.9 Å². The average molecular weight is 277 g/mol. The highest BCUT2D eigenvalue weighted by Crippen LogP contribution is 2.18. The van der Waals surface area contributed by atoms with E-state index in [0.29, 0.717) is 5.56 Å². The number of rotatable bonds is 4. The molecule has 1 aromatic rings. The Kier molecular flexibility index (Phi) is 4.31. The van der Waals surface area contributed by atoms with E-state index >= 15 is 0 Å². The van der Waals surface area contributed by atoms with Gasteiger partial charge in [0.25, 0.3) is 0 Å². The Morgan fingerprint density at radius 3 is 2.47 bits per heavy atom. The second-order valence-electron chi connectivity index (χ2n) is 4.91. The molecule has 0 radical (unpaired) electrons. The second kappa shape index (κ2) is 5.40. The quantitative estimate of drug-likeness (QED) is 0.906. The van der Waals surface area contributed by atoms with Crippen molar-refractivity contribution in [3.05, 3.63) is 29.3 Å². The third kappa shape index (κ3) is 3.78. The van der Waals surface area contributed by atoms with Gasteiger partial charge in [0.1, 0.15) is 0 Å². The molecule has 0 spiro atoms. The van der Waals surface area contributed by atoms with Crippen LogP contribution in [-0.2, 0) is 10.0 Å². The Balaban J connectivity index is 3.09. The highest BCUT2D eigenvalue weighted by atomic mass is 32.2. The van der Waals surface area contributed by atoms with Crippen molar-refractivity contribution in [1.29, 1.82) is 10.5 Å². The highest BCUT2D eigenvalue weighted by molar-refractivity contribution is 7.89.